The van der Waals surface area contributed by atoms with Crippen LogP contribution in [0.3, 0.4) is 0 Å². The Bertz CT molecular complexity index is 844. The number of carbonyl (C=O) groups excluding carboxylic acids is 2. The van der Waals surface area contributed by atoms with Gasteiger partial charge >= 0.3 is 0 Å². The van der Waals surface area contributed by atoms with Gasteiger partial charge in [0.15, 0.2) is 0 Å². The maximum absolute atomic E-state index is 13.1. The number of piperazine rings is 1. The van der Waals surface area contributed by atoms with E-state index in [2.05, 4.69) is 16.8 Å². The number of benzene rings is 1. The van der Waals surface area contributed by atoms with E-state index >= 15 is 0 Å². The van der Waals surface area contributed by atoms with E-state index in [4.69, 9.17) is 0 Å². The van der Waals surface area contributed by atoms with E-state index in [9.17, 15) is 9.59 Å². The second-order valence-corrected chi connectivity index (χ2v) is 7.04. The summed E-state index contributed by atoms with van der Waals surface area (Å²) in [7, 11) is 0. The molecular formula is C22H28N4O2. The third-order valence-corrected chi connectivity index (χ3v) is 5.21. The molecule has 2 amide bonds. The number of pyridine rings is 1. The molecule has 1 aliphatic rings. The van der Waals surface area contributed by atoms with Gasteiger partial charge in [-0.25, -0.2) is 0 Å². The Morgan fingerprint density at radius 1 is 1.07 bits per heavy atom. The summed E-state index contributed by atoms with van der Waals surface area (Å²) in [5.74, 6) is -0.232. The van der Waals surface area contributed by atoms with E-state index in [-0.39, 0.29) is 11.8 Å². The number of carbonyl (C=O) groups is 2. The van der Waals surface area contributed by atoms with Crippen LogP contribution in [0.5, 0.6) is 0 Å². The molecule has 0 bridgehead atoms. The summed E-state index contributed by atoms with van der Waals surface area (Å²) in [4.78, 5) is 36.0. The molecule has 1 aromatic carbocycles. The SMILES string of the molecule is CCN1CCN(C(=O)c2ccnc(C(=O)N(CC)c3cccc(C)c3)c2)CC1. The molecule has 2 heterocycles. The van der Waals surface area contributed by atoms with Gasteiger partial charge in [-0.15, -0.1) is 0 Å². The van der Waals surface area contributed by atoms with Crippen LogP contribution in [0.15, 0.2) is 42.6 Å². The van der Waals surface area contributed by atoms with Crippen LogP contribution in [-0.2, 0) is 0 Å². The quantitative estimate of drug-likeness (QED) is 0.800. The number of aryl methyl sites for hydroxylation is 1. The fraction of sp³-hybridized carbons (Fsp3) is 0.409. The van der Waals surface area contributed by atoms with Gasteiger partial charge in [0.2, 0.25) is 0 Å². The Labute approximate surface area is 166 Å². The molecule has 0 spiro atoms. The average Bonchev–Trinajstić information content (AvgIpc) is 2.74. The van der Waals surface area contributed by atoms with Crippen LogP contribution in [0.4, 0.5) is 5.69 Å². The fourth-order valence-electron chi connectivity index (χ4n) is 3.51. The highest BCUT2D eigenvalue weighted by molar-refractivity contribution is 6.06. The van der Waals surface area contributed by atoms with Crippen LogP contribution in [0.2, 0.25) is 0 Å². The zero-order valence-corrected chi connectivity index (χ0v) is 16.9. The molecule has 0 unspecified atom stereocenters. The molecule has 6 heteroatoms. The standard InChI is InChI=1S/C22H28N4O2/c1-4-24-11-13-25(14-12-24)21(27)18-9-10-23-20(16-18)22(28)26(5-2)19-8-6-7-17(3)15-19/h6-10,15-16H,4-5,11-14H2,1-3H3. The second-order valence-electron chi connectivity index (χ2n) is 7.04. The minimum absolute atomic E-state index is 0.0363. The Balaban J connectivity index is 1.78. The molecule has 0 saturated carbocycles. The van der Waals surface area contributed by atoms with Crippen molar-refractivity contribution in [3.05, 3.63) is 59.4 Å². The van der Waals surface area contributed by atoms with E-state index in [0.29, 0.717) is 30.9 Å². The third kappa shape index (κ3) is 4.39. The maximum atomic E-state index is 13.1. The van der Waals surface area contributed by atoms with Crippen LogP contribution >= 0.6 is 0 Å². The Morgan fingerprint density at radius 3 is 2.46 bits per heavy atom. The van der Waals surface area contributed by atoms with Crippen LogP contribution in [0.1, 0.15) is 40.3 Å². The van der Waals surface area contributed by atoms with E-state index < -0.39 is 0 Å². The van der Waals surface area contributed by atoms with Crippen molar-refractivity contribution in [2.24, 2.45) is 0 Å². The molecule has 1 fully saturated rings. The molecule has 1 saturated heterocycles. The molecule has 3 rings (SSSR count). The van der Waals surface area contributed by atoms with Gasteiger partial charge in [0.25, 0.3) is 11.8 Å². The second kappa shape index (κ2) is 8.97. The zero-order chi connectivity index (χ0) is 20.1. The van der Waals surface area contributed by atoms with Crippen LogP contribution < -0.4 is 4.90 Å². The third-order valence-electron chi connectivity index (χ3n) is 5.21. The lowest BCUT2D eigenvalue weighted by atomic mass is 10.1. The van der Waals surface area contributed by atoms with E-state index in [1.165, 1.54) is 0 Å². The number of rotatable bonds is 5. The first-order valence-electron chi connectivity index (χ1n) is 9.89. The Hall–Kier alpha value is -2.73. The Kier molecular flexibility index (Phi) is 6.41. The summed E-state index contributed by atoms with van der Waals surface area (Å²) in [6.45, 7) is 10.8. The Morgan fingerprint density at radius 2 is 1.82 bits per heavy atom. The summed E-state index contributed by atoms with van der Waals surface area (Å²) in [6.07, 6.45) is 1.55. The molecule has 0 atom stereocenters. The van der Waals surface area contributed by atoms with E-state index in [1.807, 2.05) is 43.0 Å². The van der Waals surface area contributed by atoms with Gasteiger partial charge in [0.1, 0.15) is 5.69 Å². The topological polar surface area (TPSA) is 56.8 Å². The minimum atomic E-state index is -0.196. The highest BCUT2D eigenvalue weighted by Gasteiger charge is 2.23. The summed E-state index contributed by atoms with van der Waals surface area (Å²) < 4.78 is 0. The monoisotopic (exact) mass is 380 g/mol. The molecule has 1 aliphatic heterocycles. The molecule has 0 N–H and O–H groups in total. The van der Waals surface area contributed by atoms with Crippen LogP contribution in [0, 0.1) is 6.92 Å². The first-order valence-corrected chi connectivity index (χ1v) is 9.89. The summed E-state index contributed by atoms with van der Waals surface area (Å²) >= 11 is 0. The first kappa shape index (κ1) is 20.0. The number of aromatic nitrogens is 1. The first-order chi connectivity index (χ1) is 13.5. The molecular weight excluding hydrogens is 352 g/mol. The number of hydrogen-bond acceptors (Lipinski definition) is 4. The predicted molar refractivity (Wildman–Crippen MR) is 111 cm³/mol. The molecule has 1 aromatic heterocycles. The van der Waals surface area contributed by atoms with Crippen LogP contribution in [-0.4, -0.2) is 65.9 Å². The molecule has 28 heavy (non-hydrogen) atoms. The number of hydrogen-bond donors (Lipinski definition) is 0. The van der Waals surface area contributed by atoms with Crippen molar-refractivity contribution in [3.8, 4) is 0 Å². The lowest BCUT2D eigenvalue weighted by molar-refractivity contribution is 0.0643. The van der Waals surface area contributed by atoms with Crippen molar-refractivity contribution < 1.29 is 9.59 Å². The van der Waals surface area contributed by atoms with Gasteiger partial charge in [-0.3, -0.25) is 14.6 Å². The predicted octanol–water partition coefficient (Wildman–Crippen LogP) is 2.83. The number of likely N-dealkylation sites (N-methyl/N-ethyl adjacent to an activating group) is 1. The van der Waals surface area contributed by atoms with Crippen molar-refractivity contribution >= 4 is 17.5 Å². The summed E-state index contributed by atoms with van der Waals surface area (Å²) in [6, 6.07) is 11.1. The highest BCUT2D eigenvalue weighted by Crippen LogP contribution is 2.19. The van der Waals surface area contributed by atoms with Crippen molar-refractivity contribution in [2.75, 3.05) is 44.2 Å². The normalized spacial score (nSPS) is 14.8. The van der Waals surface area contributed by atoms with Crippen LogP contribution in [0.25, 0.3) is 0 Å². The number of nitrogens with zero attached hydrogens (tertiary/aromatic N) is 4. The number of amides is 2. The van der Waals surface area contributed by atoms with Gasteiger partial charge in [-0.1, -0.05) is 19.1 Å². The van der Waals surface area contributed by atoms with Crippen molar-refractivity contribution in [1.82, 2.24) is 14.8 Å². The lowest BCUT2D eigenvalue weighted by Crippen LogP contribution is -2.48. The largest absolute Gasteiger partial charge is 0.336 e. The van der Waals surface area contributed by atoms with Crippen molar-refractivity contribution in [3.63, 3.8) is 0 Å². The molecule has 0 radical (unpaired) electrons. The molecule has 0 aliphatic carbocycles. The van der Waals surface area contributed by atoms with Gasteiger partial charge in [-0.05, 0) is 50.2 Å². The number of anilines is 1. The minimum Gasteiger partial charge on any atom is -0.336 e. The van der Waals surface area contributed by atoms with Crippen molar-refractivity contribution in [2.45, 2.75) is 20.8 Å². The van der Waals surface area contributed by atoms with E-state index in [1.54, 1.807) is 23.2 Å². The van der Waals surface area contributed by atoms with Gasteiger partial charge in [0, 0.05) is 50.2 Å². The smallest absolute Gasteiger partial charge is 0.276 e. The maximum Gasteiger partial charge on any atom is 0.276 e. The van der Waals surface area contributed by atoms with Crippen molar-refractivity contribution in [1.29, 1.82) is 0 Å². The summed E-state index contributed by atoms with van der Waals surface area (Å²) in [5, 5.41) is 0. The highest BCUT2D eigenvalue weighted by atomic mass is 16.2. The average molecular weight is 380 g/mol. The molecule has 6 nitrogen and oxygen atoms in total. The molecule has 2 aromatic rings. The molecule has 148 valence electrons. The van der Waals surface area contributed by atoms with Gasteiger partial charge in [-0.2, -0.15) is 0 Å². The fourth-order valence-corrected chi connectivity index (χ4v) is 3.51. The van der Waals surface area contributed by atoms with Gasteiger partial charge < -0.3 is 14.7 Å². The van der Waals surface area contributed by atoms with Gasteiger partial charge in [0.05, 0.1) is 0 Å². The zero-order valence-electron chi connectivity index (χ0n) is 16.9. The van der Waals surface area contributed by atoms with E-state index in [0.717, 1.165) is 30.9 Å². The summed E-state index contributed by atoms with van der Waals surface area (Å²) in [5.41, 5.74) is 2.73. The lowest BCUT2D eigenvalue weighted by Gasteiger charge is -2.34.